The molecule has 4 heteroatoms. The van der Waals surface area contributed by atoms with Gasteiger partial charge in [0.25, 0.3) is 0 Å². The molecule has 0 atom stereocenters. The largest absolute Gasteiger partial charge is 0.454 e. The van der Waals surface area contributed by atoms with Gasteiger partial charge in [-0.05, 0) is 18.6 Å². The zero-order valence-corrected chi connectivity index (χ0v) is 11.5. The van der Waals surface area contributed by atoms with Gasteiger partial charge in [0.15, 0.2) is 16.9 Å². The number of aromatic nitrogens is 1. The second-order valence-corrected chi connectivity index (χ2v) is 5.07. The van der Waals surface area contributed by atoms with E-state index in [-0.39, 0.29) is 12.2 Å². The van der Waals surface area contributed by atoms with Gasteiger partial charge in [0, 0.05) is 17.0 Å². The highest BCUT2D eigenvalue weighted by molar-refractivity contribution is 5.86. The monoisotopic (exact) mass is 279 g/mol. The summed E-state index contributed by atoms with van der Waals surface area (Å²) in [5.41, 5.74) is 3.31. The highest BCUT2D eigenvalue weighted by atomic mass is 16.7. The molecule has 1 aliphatic rings. The minimum absolute atomic E-state index is 0.0147. The number of ether oxygens (including phenoxy) is 2. The molecule has 0 amide bonds. The van der Waals surface area contributed by atoms with Crippen molar-refractivity contribution in [2.75, 3.05) is 6.79 Å². The maximum atomic E-state index is 12.6. The molecule has 2 aromatic carbocycles. The molecule has 4 nitrogen and oxygen atoms in total. The minimum Gasteiger partial charge on any atom is -0.454 e. The van der Waals surface area contributed by atoms with E-state index >= 15 is 0 Å². The van der Waals surface area contributed by atoms with Crippen LogP contribution in [0.4, 0.5) is 0 Å². The molecule has 1 aliphatic heterocycles. The van der Waals surface area contributed by atoms with Crippen LogP contribution in [-0.2, 0) is 0 Å². The summed E-state index contributed by atoms with van der Waals surface area (Å²) >= 11 is 0. The summed E-state index contributed by atoms with van der Waals surface area (Å²) in [7, 11) is 0. The van der Waals surface area contributed by atoms with E-state index < -0.39 is 0 Å². The lowest BCUT2D eigenvalue weighted by Gasteiger charge is -2.09. The number of nitrogens with one attached hydrogen (secondary N) is 1. The molecule has 0 saturated carbocycles. The number of H-pyrrole nitrogens is 1. The predicted octanol–water partition coefficient (Wildman–Crippen LogP) is 3.23. The molecule has 1 aromatic heterocycles. The molecular weight excluding hydrogens is 266 g/mol. The Hall–Kier alpha value is -2.75. The van der Waals surface area contributed by atoms with Crippen LogP contribution in [0, 0.1) is 6.92 Å². The van der Waals surface area contributed by atoms with E-state index in [0.717, 1.165) is 16.8 Å². The van der Waals surface area contributed by atoms with Crippen molar-refractivity contribution >= 4 is 10.9 Å². The number of aromatic amines is 1. The van der Waals surface area contributed by atoms with Gasteiger partial charge in [0.1, 0.15) is 0 Å². The van der Waals surface area contributed by atoms with Crippen molar-refractivity contribution < 1.29 is 9.47 Å². The lowest BCUT2D eigenvalue weighted by atomic mass is 10.0. The lowest BCUT2D eigenvalue weighted by molar-refractivity contribution is 0.174. The quantitative estimate of drug-likeness (QED) is 0.744. The molecule has 0 bridgehead atoms. The Morgan fingerprint density at radius 1 is 1.05 bits per heavy atom. The lowest BCUT2D eigenvalue weighted by Crippen LogP contribution is -2.09. The molecule has 0 radical (unpaired) electrons. The number of hydrogen-bond donors (Lipinski definition) is 1. The topological polar surface area (TPSA) is 51.3 Å². The van der Waals surface area contributed by atoms with E-state index in [1.807, 2.05) is 43.3 Å². The van der Waals surface area contributed by atoms with E-state index in [1.54, 1.807) is 6.07 Å². The average molecular weight is 279 g/mol. The molecule has 104 valence electrons. The third-order valence-electron chi connectivity index (χ3n) is 3.80. The summed E-state index contributed by atoms with van der Waals surface area (Å²) in [6.45, 7) is 2.04. The minimum atomic E-state index is 0.0147. The summed E-state index contributed by atoms with van der Waals surface area (Å²) in [6.07, 6.45) is 0. The standard InChI is InChI=1S/C17H13NO3/c1-10-16(11-5-3-2-4-6-11)18-13-8-15-14(20-9-21-15)7-12(13)17(10)19/h2-8H,9H2,1H3,(H,18,19). The van der Waals surface area contributed by atoms with Gasteiger partial charge >= 0.3 is 0 Å². The first-order valence-electron chi connectivity index (χ1n) is 6.76. The second-order valence-electron chi connectivity index (χ2n) is 5.07. The number of pyridine rings is 1. The molecule has 0 aliphatic carbocycles. The van der Waals surface area contributed by atoms with Gasteiger partial charge in [-0.25, -0.2) is 0 Å². The molecule has 2 heterocycles. The van der Waals surface area contributed by atoms with Crippen LogP contribution in [0.3, 0.4) is 0 Å². The smallest absolute Gasteiger partial charge is 0.231 e. The summed E-state index contributed by atoms with van der Waals surface area (Å²) in [6, 6.07) is 13.4. The maximum Gasteiger partial charge on any atom is 0.231 e. The first-order chi connectivity index (χ1) is 10.2. The van der Waals surface area contributed by atoms with Crippen LogP contribution in [0.2, 0.25) is 0 Å². The van der Waals surface area contributed by atoms with Crippen LogP contribution in [0.15, 0.2) is 47.3 Å². The Bertz CT molecular complexity index is 897. The summed E-state index contributed by atoms with van der Waals surface area (Å²) in [5.74, 6) is 1.29. The first-order valence-corrected chi connectivity index (χ1v) is 6.76. The van der Waals surface area contributed by atoms with Crippen LogP contribution in [0.1, 0.15) is 5.56 Å². The van der Waals surface area contributed by atoms with Gasteiger partial charge in [0.05, 0.1) is 11.2 Å². The van der Waals surface area contributed by atoms with Gasteiger partial charge < -0.3 is 14.5 Å². The third kappa shape index (κ3) is 1.80. The van der Waals surface area contributed by atoms with E-state index in [4.69, 9.17) is 9.47 Å². The van der Waals surface area contributed by atoms with E-state index in [9.17, 15) is 4.79 Å². The fraction of sp³-hybridized carbons (Fsp3) is 0.118. The number of benzene rings is 2. The zero-order valence-electron chi connectivity index (χ0n) is 11.5. The van der Waals surface area contributed by atoms with Crippen molar-refractivity contribution in [3.05, 3.63) is 58.3 Å². The first kappa shape index (κ1) is 12.0. The molecule has 0 unspecified atom stereocenters. The molecule has 4 rings (SSSR count). The van der Waals surface area contributed by atoms with Crippen LogP contribution in [0.5, 0.6) is 11.5 Å². The molecule has 0 saturated heterocycles. The Morgan fingerprint density at radius 3 is 2.52 bits per heavy atom. The highest BCUT2D eigenvalue weighted by Gasteiger charge is 2.17. The van der Waals surface area contributed by atoms with Gasteiger partial charge in [-0.3, -0.25) is 4.79 Å². The number of hydrogen-bond acceptors (Lipinski definition) is 3. The van der Waals surface area contributed by atoms with Crippen molar-refractivity contribution in [2.45, 2.75) is 6.92 Å². The van der Waals surface area contributed by atoms with Crippen molar-refractivity contribution in [1.29, 1.82) is 0 Å². The molecule has 0 fully saturated rings. The maximum absolute atomic E-state index is 12.6. The Labute approximate surface area is 121 Å². The van der Waals surface area contributed by atoms with Crippen LogP contribution >= 0.6 is 0 Å². The Kier molecular flexibility index (Phi) is 2.51. The fourth-order valence-corrected chi connectivity index (χ4v) is 2.67. The number of fused-ring (bicyclic) bond motifs is 2. The molecule has 1 N–H and O–H groups in total. The van der Waals surface area contributed by atoms with Crippen molar-refractivity contribution in [2.24, 2.45) is 0 Å². The second kappa shape index (κ2) is 4.38. The SMILES string of the molecule is Cc1c(-c2ccccc2)[nH]c2cc3c(cc2c1=O)OCO3. The molecule has 0 spiro atoms. The summed E-state index contributed by atoms with van der Waals surface area (Å²) in [4.78, 5) is 16.0. The number of rotatable bonds is 1. The van der Waals surface area contributed by atoms with Crippen molar-refractivity contribution in [3.8, 4) is 22.8 Å². The average Bonchev–Trinajstić information content (AvgIpc) is 2.97. The van der Waals surface area contributed by atoms with Crippen molar-refractivity contribution in [3.63, 3.8) is 0 Å². The summed E-state index contributed by atoms with van der Waals surface area (Å²) < 4.78 is 10.7. The molecule has 3 aromatic rings. The van der Waals surface area contributed by atoms with Crippen LogP contribution in [0.25, 0.3) is 22.2 Å². The normalized spacial score (nSPS) is 12.8. The molecular formula is C17H13NO3. The van der Waals surface area contributed by atoms with Crippen molar-refractivity contribution in [1.82, 2.24) is 4.98 Å². The fourth-order valence-electron chi connectivity index (χ4n) is 2.67. The van der Waals surface area contributed by atoms with E-state index in [2.05, 4.69) is 4.98 Å². The van der Waals surface area contributed by atoms with E-state index in [0.29, 0.717) is 22.4 Å². The third-order valence-corrected chi connectivity index (χ3v) is 3.80. The van der Waals surface area contributed by atoms with Crippen LogP contribution in [-0.4, -0.2) is 11.8 Å². The Morgan fingerprint density at radius 2 is 1.76 bits per heavy atom. The summed E-state index contributed by atoms with van der Waals surface area (Å²) in [5, 5.41) is 0.622. The van der Waals surface area contributed by atoms with Gasteiger partial charge in [-0.15, -0.1) is 0 Å². The van der Waals surface area contributed by atoms with Crippen LogP contribution < -0.4 is 14.9 Å². The molecule has 21 heavy (non-hydrogen) atoms. The van der Waals surface area contributed by atoms with Gasteiger partial charge in [-0.1, -0.05) is 30.3 Å². The zero-order chi connectivity index (χ0) is 14.4. The Balaban J connectivity index is 2.05. The van der Waals surface area contributed by atoms with Gasteiger partial charge in [-0.2, -0.15) is 0 Å². The van der Waals surface area contributed by atoms with E-state index in [1.165, 1.54) is 0 Å². The highest BCUT2D eigenvalue weighted by Crippen LogP contribution is 2.35. The van der Waals surface area contributed by atoms with Gasteiger partial charge in [0.2, 0.25) is 6.79 Å². The predicted molar refractivity (Wildman–Crippen MR) is 80.9 cm³/mol.